The van der Waals surface area contributed by atoms with Crippen molar-refractivity contribution in [3.8, 4) is 0 Å². The lowest BCUT2D eigenvalue weighted by molar-refractivity contribution is -0.132. The molecule has 1 amide bonds. The van der Waals surface area contributed by atoms with Crippen LogP contribution in [0.2, 0.25) is 0 Å². The van der Waals surface area contributed by atoms with Gasteiger partial charge in [-0.25, -0.2) is 8.42 Å². The Morgan fingerprint density at radius 3 is 2.80 bits per heavy atom. The van der Waals surface area contributed by atoms with Crippen LogP contribution in [0.4, 0.5) is 0 Å². The van der Waals surface area contributed by atoms with E-state index in [2.05, 4.69) is 10.6 Å². The van der Waals surface area contributed by atoms with Crippen LogP contribution in [0, 0.1) is 5.41 Å². The molecule has 20 heavy (non-hydrogen) atoms. The summed E-state index contributed by atoms with van der Waals surface area (Å²) in [6, 6.07) is 5.33. The molecule has 3 rings (SSSR count). The van der Waals surface area contributed by atoms with Crippen molar-refractivity contribution in [1.29, 1.82) is 0 Å². The van der Waals surface area contributed by atoms with E-state index in [9.17, 15) is 13.2 Å². The van der Waals surface area contributed by atoms with Crippen molar-refractivity contribution in [2.24, 2.45) is 5.41 Å². The number of nitrogens with one attached hydrogen (secondary N) is 2. The molecule has 5 nitrogen and oxygen atoms in total. The van der Waals surface area contributed by atoms with Gasteiger partial charge in [-0.15, -0.1) is 0 Å². The zero-order valence-electron chi connectivity index (χ0n) is 11.4. The monoisotopic (exact) mass is 294 g/mol. The minimum atomic E-state index is -3.07. The van der Waals surface area contributed by atoms with E-state index in [0.29, 0.717) is 31.0 Å². The quantitative estimate of drug-likeness (QED) is 0.837. The van der Waals surface area contributed by atoms with Crippen molar-refractivity contribution in [1.82, 2.24) is 10.6 Å². The van der Waals surface area contributed by atoms with Crippen LogP contribution in [-0.2, 0) is 27.6 Å². The highest BCUT2D eigenvalue weighted by atomic mass is 32.2. The number of amides is 1. The summed E-state index contributed by atoms with van der Waals surface area (Å²) < 4.78 is 23.5. The summed E-state index contributed by atoms with van der Waals surface area (Å²) >= 11 is 0. The molecule has 2 N–H and O–H groups in total. The van der Waals surface area contributed by atoms with Crippen LogP contribution < -0.4 is 10.6 Å². The Morgan fingerprint density at radius 2 is 2.15 bits per heavy atom. The lowest BCUT2D eigenvalue weighted by Gasteiger charge is -2.37. The molecule has 2 aliphatic heterocycles. The molecular weight excluding hydrogens is 276 g/mol. The first kappa shape index (κ1) is 13.6. The Hall–Kier alpha value is -1.40. The molecule has 108 valence electrons. The van der Waals surface area contributed by atoms with Crippen molar-refractivity contribution in [2.45, 2.75) is 24.8 Å². The van der Waals surface area contributed by atoms with Gasteiger partial charge in [0.25, 0.3) is 0 Å². The van der Waals surface area contributed by atoms with Crippen molar-refractivity contribution < 1.29 is 13.2 Å². The van der Waals surface area contributed by atoms with Gasteiger partial charge in [-0.1, -0.05) is 12.1 Å². The summed E-state index contributed by atoms with van der Waals surface area (Å²) in [6.07, 6.45) is 0.571. The molecule has 0 spiro atoms. The van der Waals surface area contributed by atoms with E-state index in [-0.39, 0.29) is 17.1 Å². The minimum absolute atomic E-state index is 0.0457. The van der Waals surface area contributed by atoms with Gasteiger partial charge in [-0.2, -0.15) is 0 Å². The van der Waals surface area contributed by atoms with Gasteiger partial charge in [-0.3, -0.25) is 4.79 Å². The Morgan fingerprint density at radius 1 is 1.40 bits per heavy atom. The fourth-order valence-electron chi connectivity index (χ4n) is 2.65. The second-order valence-corrected chi connectivity index (χ2v) is 7.94. The highest BCUT2D eigenvalue weighted by Gasteiger charge is 2.39. The highest BCUT2D eigenvalue weighted by Crippen LogP contribution is 2.27. The molecule has 6 heteroatoms. The molecule has 2 aliphatic rings. The fourth-order valence-corrected chi connectivity index (χ4v) is 4.20. The van der Waals surface area contributed by atoms with E-state index in [1.807, 2.05) is 13.0 Å². The van der Waals surface area contributed by atoms with Crippen LogP contribution in [0.1, 0.15) is 18.1 Å². The third-order valence-corrected chi connectivity index (χ3v) is 5.94. The minimum Gasteiger partial charge on any atom is -0.351 e. The number of sulfone groups is 1. The molecule has 0 saturated carbocycles. The number of aryl methyl sites for hydroxylation is 1. The van der Waals surface area contributed by atoms with Crippen molar-refractivity contribution in [3.05, 3.63) is 29.3 Å². The second-order valence-electron chi connectivity index (χ2n) is 5.86. The molecule has 1 aromatic rings. The molecule has 2 heterocycles. The second kappa shape index (κ2) is 4.56. The summed E-state index contributed by atoms with van der Waals surface area (Å²) in [6.45, 7) is 3.80. The van der Waals surface area contributed by atoms with Crippen LogP contribution in [0.3, 0.4) is 0 Å². The van der Waals surface area contributed by atoms with E-state index in [0.717, 1.165) is 11.1 Å². The number of carbonyl (C=O) groups is 1. The molecule has 0 aromatic heterocycles. The van der Waals surface area contributed by atoms with E-state index in [1.54, 1.807) is 12.1 Å². The lowest BCUT2D eigenvalue weighted by Crippen LogP contribution is -2.59. The van der Waals surface area contributed by atoms with Crippen LogP contribution >= 0.6 is 0 Å². The van der Waals surface area contributed by atoms with E-state index >= 15 is 0 Å². The SMILES string of the molecule is CC1(C(=O)NCc2ccc3c(c2)CCS3(=O)=O)CNC1. The van der Waals surface area contributed by atoms with Crippen molar-refractivity contribution in [3.63, 3.8) is 0 Å². The third kappa shape index (κ3) is 2.23. The van der Waals surface area contributed by atoms with Gasteiger partial charge >= 0.3 is 0 Å². The van der Waals surface area contributed by atoms with Crippen molar-refractivity contribution >= 4 is 15.7 Å². The molecule has 0 unspecified atom stereocenters. The number of benzene rings is 1. The first-order valence-electron chi connectivity index (χ1n) is 6.74. The first-order valence-corrected chi connectivity index (χ1v) is 8.40. The summed E-state index contributed by atoms with van der Waals surface area (Å²) in [4.78, 5) is 12.5. The normalized spacial score (nSPS) is 21.9. The third-order valence-electron chi connectivity index (χ3n) is 4.13. The number of hydrogen-bond acceptors (Lipinski definition) is 4. The predicted octanol–water partition coefficient (Wildman–Crippen LogP) is 0.242. The average Bonchev–Trinajstić information content (AvgIpc) is 2.69. The van der Waals surface area contributed by atoms with Gasteiger partial charge in [0.2, 0.25) is 5.91 Å². The summed E-state index contributed by atoms with van der Waals surface area (Å²) in [5.41, 5.74) is 1.51. The van der Waals surface area contributed by atoms with E-state index < -0.39 is 9.84 Å². The fraction of sp³-hybridized carbons (Fsp3) is 0.500. The molecule has 1 saturated heterocycles. The summed E-state index contributed by atoms with van der Waals surface area (Å²) in [5.74, 6) is 0.242. The summed E-state index contributed by atoms with van der Waals surface area (Å²) in [5, 5.41) is 6.02. The zero-order chi connectivity index (χ0) is 14.4. The van der Waals surface area contributed by atoms with Crippen LogP contribution in [0.5, 0.6) is 0 Å². The Balaban J connectivity index is 1.69. The maximum absolute atomic E-state index is 12.0. The first-order chi connectivity index (χ1) is 9.41. The lowest BCUT2D eigenvalue weighted by atomic mass is 9.83. The Bertz CT molecular complexity index is 663. The average molecular weight is 294 g/mol. The summed E-state index contributed by atoms with van der Waals surface area (Å²) in [7, 11) is -3.07. The maximum atomic E-state index is 12.0. The highest BCUT2D eigenvalue weighted by molar-refractivity contribution is 7.91. The number of fused-ring (bicyclic) bond motifs is 1. The molecule has 1 fully saturated rings. The molecule has 0 aliphatic carbocycles. The maximum Gasteiger partial charge on any atom is 0.228 e. The topological polar surface area (TPSA) is 75.3 Å². The van der Waals surface area contributed by atoms with Crippen LogP contribution in [-0.4, -0.2) is 33.2 Å². The molecule has 0 bridgehead atoms. The zero-order valence-corrected chi connectivity index (χ0v) is 12.2. The molecule has 0 atom stereocenters. The van der Waals surface area contributed by atoms with Gasteiger partial charge in [-0.05, 0) is 30.5 Å². The molecule has 1 aromatic carbocycles. The molecular formula is C14H18N2O3S. The number of rotatable bonds is 3. The standard InChI is InChI=1S/C14H18N2O3S/c1-14(8-15-9-14)13(17)16-7-10-2-3-12-11(6-10)4-5-20(12,18)19/h2-3,6,15H,4-5,7-9H2,1H3,(H,16,17). The van der Waals surface area contributed by atoms with Crippen LogP contribution in [0.25, 0.3) is 0 Å². The van der Waals surface area contributed by atoms with Crippen LogP contribution in [0.15, 0.2) is 23.1 Å². The van der Waals surface area contributed by atoms with E-state index in [1.165, 1.54) is 0 Å². The van der Waals surface area contributed by atoms with Gasteiger partial charge < -0.3 is 10.6 Å². The van der Waals surface area contributed by atoms with Crippen molar-refractivity contribution in [2.75, 3.05) is 18.8 Å². The van der Waals surface area contributed by atoms with E-state index in [4.69, 9.17) is 0 Å². The van der Waals surface area contributed by atoms with Gasteiger partial charge in [0.05, 0.1) is 16.1 Å². The van der Waals surface area contributed by atoms with Gasteiger partial charge in [0.15, 0.2) is 9.84 Å². The predicted molar refractivity (Wildman–Crippen MR) is 75.0 cm³/mol. The Kier molecular flexibility index (Phi) is 3.10. The number of carbonyl (C=O) groups excluding carboxylic acids is 1. The number of hydrogen-bond donors (Lipinski definition) is 2. The van der Waals surface area contributed by atoms with Gasteiger partial charge in [0, 0.05) is 19.6 Å². The molecule has 0 radical (unpaired) electrons. The Labute approximate surface area is 118 Å². The van der Waals surface area contributed by atoms with Gasteiger partial charge in [0.1, 0.15) is 0 Å². The largest absolute Gasteiger partial charge is 0.351 e. The smallest absolute Gasteiger partial charge is 0.228 e.